The summed E-state index contributed by atoms with van der Waals surface area (Å²) in [6, 6.07) is 6.60. The van der Waals surface area contributed by atoms with Crippen LogP contribution in [0, 0.1) is 11.6 Å². The molecule has 2 aromatic carbocycles. The zero-order valence-electron chi connectivity index (χ0n) is 8.35. The zero-order valence-corrected chi connectivity index (χ0v) is 10.7. The van der Waals surface area contributed by atoms with E-state index in [1.807, 2.05) is 0 Å². The molecule has 0 amide bonds. The Morgan fingerprint density at radius 3 is 2.47 bits per heavy atom. The van der Waals surface area contributed by atoms with E-state index in [9.17, 15) is 13.9 Å². The lowest BCUT2D eigenvalue weighted by molar-refractivity contribution is 0.434. The van der Waals surface area contributed by atoms with Crippen LogP contribution in [0.2, 0.25) is 5.02 Å². The van der Waals surface area contributed by atoms with Crippen LogP contribution in [0.4, 0.5) is 8.78 Å². The Morgan fingerprint density at radius 1 is 1.12 bits per heavy atom. The predicted molar refractivity (Wildman–Crippen MR) is 66.2 cm³/mol. The first-order chi connectivity index (χ1) is 8.00. The largest absolute Gasteiger partial charge is 0.504 e. The first-order valence-corrected chi connectivity index (χ1v) is 5.80. The Balaban J connectivity index is 2.77. The average molecular weight is 320 g/mol. The van der Waals surface area contributed by atoms with Crippen LogP contribution in [-0.2, 0) is 0 Å². The summed E-state index contributed by atoms with van der Waals surface area (Å²) in [7, 11) is 0. The minimum Gasteiger partial charge on any atom is -0.504 e. The van der Waals surface area contributed by atoms with E-state index in [4.69, 9.17) is 11.6 Å². The van der Waals surface area contributed by atoms with Gasteiger partial charge < -0.3 is 5.11 Å². The molecule has 0 fully saturated rings. The van der Waals surface area contributed by atoms with Gasteiger partial charge in [-0.05, 0) is 24.3 Å². The molecule has 0 aliphatic carbocycles. The van der Waals surface area contributed by atoms with Gasteiger partial charge in [-0.2, -0.15) is 0 Å². The van der Waals surface area contributed by atoms with Gasteiger partial charge in [0.05, 0.1) is 5.02 Å². The monoisotopic (exact) mass is 318 g/mol. The van der Waals surface area contributed by atoms with E-state index in [2.05, 4.69) is 15.9 Å². The van der Waals surface area contributed by atoms with Gasteiger partial charge in [-0.25, -0.2) is 8.78 Å². The van der Waals surface area contributed by atoms with Crippen LogP contribution in [-0.4, -0.2) is 5.11 Å². The number of hydrogen-bond donors (Lipinski definition) is 1. The quantitative estimate of drug-likeness (QED) is 0.804. The normalized spacial score (nSPS) is 10.6. The summed E-state index contributed by atoms with van der Waals surface area (Å²) in [4.78, 5) is 0. The molecule has 2 aromatic rings. The highest BCUT2D eigenvalue weighted by Crippen LogP contribution is 2.39. The molecule has 0 aliphatic heterocycles. The Kier molecular flexibility index (Phi) is 3.35. The van der Waals surface area contributed by atoms with Crippen molar-refractivity contribution in [3.8, 4) is 16.9 Å². The molecule has 0 aliphatic rings. The lowest BCUT2D eigenvalue weighted by Crippen LogP contribution is -1.89. The smallest absolute Gasteiger partial charge is 0.166 e. The van der Waals surface area contributed by atoms with Crippen molar-refractivity contribution in [2.45, 2.75) is 0 Å². The Hall–Kier alpha value is -1.13. The van der Waals surface area contributed by atoms with Crippen molar-refractivity contribution in [2.24, 2.45) is 0 Å². The van der Waals surface area contributed by atoms with Gasteiger partial charge in [-0.3, -0.25) is 0 Å². The molecule has 0 aromatic heterocycles. The van der Waals surface area contributed by atoms with E-state index in [0.29, 0.717) is 4.47 Å². The maximum atomic E-state index is 13.6. The van der Waals surface area contributed by atoms with E-state index in [1.54, 1.807) is 0 Å². The van der Waals surface area contributed by atoms with Gasteiger partial charge in [0.15, 0.2) is 11.6 Å². The maximum absolute atomic E-state index is 13.6. The van der Waals surface area contributed by atoms with Gasteiger partial charge in [-0.15, -0.1) is 0 Å². The van der Waals surface area contributed by atoms with Crippen molar-refractivity contribution in [1.29, 1.82) is 0 Å². The summed E-state index contributed by atoms with van der Waals surface area (Å²) in [5.41, 5.74) is -0.00755. The molecule has 1 N–H and O–H groups in total. The third kappa shape index (κ3) is 2.28. The number of aromatic hydroxyl groups is 1. The molecule has 0 bridgehead atoms. The first kappa shape index (κ1) is 12.3. The molecule has 0 unspecified atom stereocenters. The van der Waals surface area contributed by atoms with Gasteiger partial charge in [-0.1, -0.05) is 33.6 Å². The topological polar surface area (TPSA) is 20.2 Å². The molecule has 88 valence electrons. The second-order valence-corrected chi connectivity index (χ2v) is 4.70. The summed E-state index contributed by atoms with van der Waals surface area (Å²) >= 11 is 8.93. The van der Waals surface area contributed by atoms with Crippen molar-refractivity contribution in [3.05, 3.63) is 51.5 Å². The Morgan fingerprint density at radius 2 is 1.82 bits per heavy atom. The van der Waals surface area contributed by atoms with Crippen molar-refractivity contribution < 1.29 is 13.9 Å². The number of halogens is 4. The SMILES string of the molecule is Oc1c(F)cc(Br)cc1-c1c(F)cccc1Cl. The second-order valence-electron chi connectivity index (χ2n) is 3.38. The van der Waals surface area contributed by atoms with Crippen LogP contribution in [0.1, 0.15) is 0 Å². The molecule has 2 rings (SSSR count). The molecule has 0 heterocycles. The van der Waals surface area contributed by atoms with Gasteiger partial charge in [0.1, 0.15) is 5.82 Å². The Bertz CT molecular complexity index is 567. The van der Waals surface area contributed by atoms with Gasteiger partial charge in [0.2, 0.25) is 0 Å². The van der Waals surface area contributed by atoms with Crippen LogP contribution >= 0.6 is 27.5 Å². The van der Waals surface area contributed by atoms with Gasteiger partial charge >= 0.3 is 0 Å². The summed E-state index contributed by atoms with van der Waals surface area (Å²) < 4.78 is 27.4. The van der Waals surface area contributed by atoms with Crippen molar-refractivity contribution in [2.75, 3.05) is 0 Å². The summed E-state index contributed by atoms with van der Waals surface area (Å²) in [5, 5.41) is 9.71. The fourth-order valence-corrected chi connectivity index (χ4v) is 2.21. The molecule has 0 spiro atoms. The van der Waals surface area contributed by atoms with E-state index in [1.165, 1.54) is 24.3 Å². The van der Waals surface area contributed by atoms with Crippen molar-refractivity contribution in [1.82, 2.24) is 0 Å². The van der Waals surface area contributed by atoms with E-state index < -0.39 is 17.4 Å². The van der Waals surface area contributed by atoms with E-state index in [-0.39, 0.29) is 16.1 Å². The molecule has 0 saturated heterocycles. The van der Waals surface area contributed by atoms with E-state index in [0.717, 1.165) is 6.07 Å². The third-order valence-electron chi connectivity index (χ3n) is 2.26. The summed E-state index contributed by atoms with van der Waals surface area (Å²) in [6.07, 6.45) is 0. The van der Waals surface area contributed by atoms with Crippen LogP contribution in [0.3, 0.4) is 0 Å². The minimum absolute atomic E-state index is 0.0139. The average Bonchev–Trinajstić information content (AvgIpc) is 2.24. The van der Waals surface area contributed by atoms with Crippen LogP contribution in [0.25, 0.3) is 11.1 Å². The lowest BCUT2D eigenvalue weighted by atomic mass is 10.0. The fraction of sp³-hybridized carbons (Fsp3) is 0. The second kappa shape index (κ2) is 4.63. The van der Waals surface area contributed by atoms with Crippen LogP contribution in [0.5, 0.6) is 5.75 Å². The Labute approximate surface area is 110 Å². The molecular formula is C12H6BrClF2O. The molecular weight excluding hydrogens is 313 g/mol. The predicted octanol–water partition coefficient (Wildman–Crippen LogP) is 4.75. The maximum Gasteiger partial charge on any atom is 0.166 e. The molecule has 0 atom stereocenters. The van der Waals surface area contributed by atoms with Gasteiger partial charge in [0, 0.05) is 15.6 Å². The number of rotatable bonds is 1. The van der Waals surface area contributed by atoms with E-state index >= 15 is 0 Å². The number of hydrogen-bond acceptors (Lipinski definition) is 1. The summed E-state index contributed by atoms with van der Waals surface area (Å²) in [6.45, 7) is 0. The van der Waals surface area contributed by atoms with Gasteiger partial charge in [0.25, 0.3) is 0 Å². The molecule has 0 saturated carbocycles. The van der Waals surface area contributed by atoms with Crippen LogP contribution in [0.15, 0.2) is 34.8 Å². The zero-order chi connectivity index (χ0) is 12.6. The number of phenolic OH excluding ortho intramolecular Hbond substituents is 1. The minimum atomic E-state index is -0.839. The van der Waals surface area contributed by atoms with Crippen molar-refractivity contribution in [3.63, 3.8) is 0 Å². The standard InChI is InChI=1S/C12H6BrClF2O/c13-6-4-7(12(17)10(16)5-6)11-8(14)2-1-3-9(11)15/h1-5,17H. The molecule has 1 nitrogen and oxygen atoms in total. The number of benzene rings is 2. The highest BCUT2D eigenvalue weighted by Gasteiger charge is 2.17. The van der Waals surface area contributed by atoms with Crippen molar-refractivity contribution >= 4 is 27.5 Å². The summed E-state index contributed by atoms with van der Waals surface area (Å²) in [5.74, 6) is -2.08. The number of phenols is 1. The molecule has 17 heavy (non-hydrogen) atoms. The highest BCUT2D eigenvalue weighted by molar-refractivity contribution is 9.10. The molecule has 5 heteroatoms. The fourth-order valence-electron chi connectivity index (χ4n) is 1.51. The molecule has 0 radical (unpaired) electrons. The first-order valence-electron chi connectivity index (χ1n) is 4.63. The van der Waals surface area contributed by atoms with Crippen LogP contribution < -0.4 is 0 Å². The third-order valence-corrected chi connectivity index (χ3v) is 3.03. The highest BCUT2D eigenvalue weighted by atomic mass is 79.9. The lowest BCUT2D eigenvalue weighted by Gasteiger charge is -2.09.